The minimum Gasteiger partial charge on any atom is -0.374 e. The Morgan fingerprint density at radius 3 is 2.73 bits per heavy atom. The van der Waals surface area contributed by atoms with Crippen LogP contribution in [0.5, 0.6) is 0 Å². The van der Waals surface area contributed by atoms with E-state index < -0.39 is 0 Å². The van der Waals surface area contributed by atoms with Crippen LogP contribution in [0.2, 0.25) is 0 Å². The van der Waals surface area contributed by atoms with Gasteiger partial charge in [-0.25, -0.2) is 0 Å². The normalized spacial score (nSPS) is 12.5. The largest absolute Gasteiger partial charge is 0.374 e. The number of rotatable bonds is 5. The van der Waals surface area contributed by atoms with Crippen molar-refractivity contribution in [2.75, 3.05) is 13.7 Å². The molecule has 0 radical (unpaired) electrons. The molecule has 0 aliphatic heterocycles. The Labute approximate surface area is 137 Å². The lowest BCUT2D eigenvalue weighted by molar-refractivity contribution is 0.0841. The lowest BCUT2D eigenvalue weighted by Gasteiger charge is -2.14. The number of methoxy groups -OCH3 is 1. The Balaban J connectivity index is 1.68. The molecule has 1 amide bonds. The summed E-state index contributed by atoms with van der Waals surface area (Å²) < 4.78 is 6.62. The van der Waals surface area contributed by atoms with E-state index in [4.69, 9.17) is 4.74 Å². The first-order valence-corrected chi connectivity index (χ1v) is 8.66. The van der Waals surface area contributed by atoms with Gasteiger partial charge in [-0.05, 0) is 36.6 Å². The van der Waals surface area contributed by atoms with Gasteiger partial charge >= 0.3 is 0 Å². The molecule has 1 unspecified atom stereocenters. The molecule has 0 fully saturated rings. The zero-order valence-electron chi connectivity index (χ0n) is 12.5. The average molecular weight is 331 g/mol. The first kappa shape index (κ1) is 15.2. The number of benzene rings is 1. The summed E-state index contributed by atoms with van der Waals surface area (Å²) in [6.45, 7) is 2.54. The molecule has 2 aromatic heterocycles. The van der Waals surface area contributed by atoms with Gasteiger partial charge in [-0.1, -0.05) is 18.2 Å². The Morgan fingerprint density at radius 2 is 2.05 bits per heavy atom. The summed E-state index contributed by atoms with van der Waals surface area (Å²) in [5.41, 5.74) is 0. The maximum absolute atomic E-state index is 12.3. The molecule has 3 aromatic rings. The van der Waals surface area contributed by atoms with Gasteiger partial charge in [0.25, 0.3) is 5.91 Å². The van der Waals surface area contributed by atoms with Gasteiger partial charge in [0, 0.05) is 28.1 Å². The molecule has 0 aliphatic rings. The van der Waals surface area contributed by atoms with Gasteiger partial charge in [-0.2, -0.15) is 0 Å². The van der Waals surface area contributed by atoms with E-state index in [1.54, 1.807) is 18.4 Å². The number of carbonyl (C=O) groups excluding carboxylic acids is 1. The topological polar surface area (TPSA) is 38.3 Å². The van der Waals surface area contributed by atoms with Gasteiger partial charge in [0.1, 0.15) is 6.10 Å². The summed E-state index contributed by atoms with van der Waals surface area (Å²) in [5, 5.41) is 4.08. The number of thiophene rings is 2. The van der Waals surface area contributed by atoms with Crippen LogP contribution in [0.15, 0.2) is 42.5 Å². The molecule has 1 N–H and O–H groups in total. The zero-order valence-corrected chi connectivity index (χ0v) is 14.1. The minimum absolute atomic E-state index is 0.0449. The number of amides is 1. The van der Waals surface area contributed by atoms with Crippen molar-refractivity contribution < 1.29 is 9.53 Å². The Hall–Kier alpha value is -1.69. The maximum Gasteiger partial charge on any atom is 0.261 e. The summed E-state index contributed by atoms with van der Waals surface area (Å²) >= 11 is 3.21. The van der Waals surface area contributed by atoms with Crippen molar-refractivity contribution >= 4 is 38.7 Å². The van der Waals surface area contributed by atoms with E-state index in [0.717, 1.165) is 19.8 Å². The monoisotopic (exact) mass is 331 g/mol. The molecular formula is C17H17NO2S2. The third kappa shape index (κ3) is 3.21. The Morgan fingerprint density at radius 1 is 1.23 bits per heavy atom. The number of fused-ring (bicyclic) bond motifs is 1. The highest BCUT2D eigenvalue weighted by molar-refractivity contribution is 7.20. The molecule has 3 rings (SSSR count). The summed E-state index contributed by atoms with van der Waals surface area (Å²) in [4.78, 5) is 15.4. The van der Waals surface area contributed by atoms with Gasteiger partial charge in [-0.15, -0.1) is 22.7 Å². The summed E-state index contributed by atoms with van der Waals surface area (Å²) in [6, 6.07) is 14.1. The van der Waals surface area contributed by atoms with E-state index >= 15 is 0 Å². The molecular weight excluding hydrogens is 314 g/mol. The van der Waals surface area contributed by atoms with Crippen LogP contribution in [0.3, 0.4) is 0 Å². The molecule has 0 bridgehead atoms. The Bertz CT molecular complexity index is 758. The first-order chi connectivity index (χ1) is 10.7. The predicted molar refractivity (Wildman–Crippen MR) is 93.0 cm³/mol. The van der Waals surface area contributed by atoms with Crippen LogP contribution >= 0.6 is 22.7 Å². The number of aryl methyl sites for hydroxylation is 1. The van der Waals surface area contributed by atoms with Crippen molar-refractivity contribution in [2.24, 2.45) is 0 Å². The van der Waals surface area contributed by atoms with E-state index in [2.05, 4.69) is 24.4 Å². The van der Waals surface area contributed by atoms with Crippen LogP contribution in [-0.4, -0.2) is 19.6 Å². The Kier molecular flexibility index (Phi) is 4.57. The third-order valence-electron chi connectivity index (χ3n) is 3.46. The number of nitrogens with one attached hydrogen (secondary N) is 1. The number of carbonyl (C=O) groups is 1. The predicted octanol–water partition coefficient (Wildman–Crippen LogP) is 4.39. The highest BCUT2D eigenvalue weighted by atomic mass is 32.1. The molecule has 1 atom stereocenters. The molecule has 22 heavy (non-hydrogen) atoms. The van der Waals surface area contributed by atoms with Gasteiger partial charge < -0.3 is 10.1 Å². The average Bonchev–Trinajstić information content (AvgIpc) is 3.14. The van der Waals surface area contributed by atoms with Crippen LogP contribution in [0, 0.1) is 6.92 Å². The maximum atomic E-state index is 12.3. The summed E-state index contributed by atoms with van der Waals surface area (Å²) in [7, 11) is 1.67. The van der Waals surface area contributed by atoms with Crippen molar-refractivity contribution in [3.8, 4) is 0 Å². The van der Waals surface area contributed by atoms with Gasteiger partial charge in [0.05, 0.1) is 4.88 Å². The van der Waals surface area contributed by atoms with Crippen LogP contribution < -0.4 is 5.32 Å². The lowest BCUT2D eigenvalue weighted by atomic mass is 10.2. The highest BCUT2D eigenvalue weighted by Gasteiger charge is 2.16. The third-order valence-corrected chi connectivity index (χ3v) is 5.67. The second-order valence-electron chi connectivity index (χ2n) is 5.03. The van der Waals surface area contributed by atoms with E-state index in [-0.39, 0.29) is 12.0 Å². The number of hydrogen-bond donors (Lipinski definition) is 1. The minimum atomic E-state index is -0.1000. The van der Waals surface area contributed by atoms with E-state index in [0.29, 0.717) is 6.54 Å². The molecule has 2 heterocycles. The van der Waals surface area contributed by atoms with E-state index in [1.165, 1.54) is 16.2 Å². The summed E-state index contributed by atoms with van der Waals surface area (Å²) in [6.07, 6.45) is -0.1000. The summed E-state index contributed by atoms with van der Waals surface area (Å²) in [5.74, 6) is -0.0449. The number of ether oxygens (including phenoxy) is 1. The van der Waals surface area contributed by atoms with Crippen LogP contribution in [-0.2, 0) is 4.74 Å². The van der Waals surface area contributed by atoms with Crippen molar-refractivity contribution in [3.63, 3.8) is 0 Å². The van der Waals surface area contributed by atoms with E-state index in [9.17, 15) is 4.79 Å². The van der Waals surface area contributed by atoms with Crippen molar-refractivity contribution in [1.82, 2.24) is 5.32 Å². The lowest BCUT2D eigenvalue weighted by Crippen LogP contribution is -2.28. The first-order valence-electron chi connectivity index (χ1n) is 7.03. The van der Waals surface area contributed by atoms with Crippen molar-refractivity contribution in [3.05, 3.63) is 57.1 Å². The second kappa shape index (κ2) is 6.60. The SMILES string of the molecule is COC(CNC(=O)c1cc2ccccc2s1)c1ccc(C)s1. The van der Waals surface area contributed by atoms with Gasteiger partial charge in [0.15, 0.2) is 0 Å². The van der Waals surface area contributed by atoms with Gasteiger partial charge in [0.2, 0.25) is 0 Å². The smallest absolute Gasteiger partial charge is 0.261 e. The molecule has 3 nitrogen and oxygen atoms in total. The van der Waals surface area contributed by atoms with Crippen LogP contribution in [0.1, 0.15) is 25.5 Å². The van der Waals surface area contributed by atoms with Gasteiger partial charge in [-0.3, -0.25) is 4.79 Å². The number of hydrogen-bond acceptors (Lipinski definition) is 4. The van der Waals surface area contributed by atoms with Crippen LogP contribution in [0.25, 0.3) is 10.1 Å². The molecule has 0 saturated carbocycles. The highest BCUT2D eigenvalue weighted by Crippen LogP contribution is 2.26. The van der Waals surface area contributed by atoms with Crippen LogP contribution in [0.4, 0.5) is 0 Å². The fourth-order valence-corrected chi connectivity index (χ4v) is 4.23. The standard InChI is InChI=1S/C17H17NO2S2/c1-11-7-8-15(21-11)13(20-2)10-18-17(19)16-9-12-5-3-4-6-14(12)22-16/h3-9,13H,10H2,1-2H3,(H,18,19). The quantitative estimate of drug-likeness (QED) is 0.753. The molecule has 114 valence electrons. The fraction of sp³-hybridized carbons (Fsp3) is 0.235. The molecule has 0 aliphatic carbocycles. The van der Waals surface area contributed by atoms with Crippen molar-refractivity contribution in [1.29, 1.82) is 0 Å². The van der Waals surface area contributed by atoms with E-state index in [1.807, 2.05) is 30.3 Å². The molecule has 0 saturated heterocycles. The second-order valence-corrected chi connectivity index (χ2v) is 7.43. The molecule has 0 spiro atoms. The van der Waals surface area contributed by atoms with Crippen molar-refractivity contribution in [2.45, 2.75) is 13.0 Å². The zero-order chi connectivity index (χ0) is 15.5. The molecule has 1 aromatic carbocycles. The molecule has 5 heteroatoms. The fourth-order valence-electron chi connectivity index (χ4n) is 2.29.